The normalized spacial score (nSPS) is 11.3. The van der Waals surface area contributed by atoms with Crippen molar-refractivity contribution in [1.29, 1.82) is 0 Å². The van der Waals surface area contributed by atoms with Gasteiger partial charge in [0.15, 0.2) is 0 Å². The Balaban J connectivity index is 2.12. The molecule has 0 spiro atoms. The maximum atomic E-state index is 12.0. The maximum absolute atomic E-state index is 12.0. The van der Waals surface area contributed by atoms with E-state index in [-0.39, 0.29) is 34.3 Å². The van der Waals surface area contributed by atoms with Gasteiger partial charge in [0.05, 0.1) is 23.0 Å². The molecule has 24 heavy (non-hydrogen) atoms. The number of hydrogen-bond acceptors (Lipinski definition) is 4. The fourth-order valence-electron chi connectivity index (χ4n) is 2.25. The van der Waals surface area contributed by atoms with Crippen molar-refractivity contribution in [2.75, 3.05) is 11.9 Å². The molecule has 0 atom stereocenters. The minimum Gasteiger partial charge on any atom is -0.347 e. The number of anilines is 1. The van der Waals surface area contributed by atoms with Gasteiger partial charge in [-0.15, -0.1) is 0 Å². The summed E-state index contributed by atoms with van der Waals surface area (Å²) in [6, 6.07) is 4.57. The van der Waals surface area contributed by atoms with Gasteiger partial charge in [0.25, 0.3) is 11.1 Å². The van der Waals surface area contributed by atoms with Crippen molar-refractivity contribution in [2.24, 2.45) is 5.41 Å². The molecule has 8 nitrogen and oxygen atoms in total. The Hall–Kier alpha value is -2.90. The molecule has 2 amide bonds. The Labute approximate surface area is 137 Å². The minimum atomic E-state index is -0.516. The predicted octanol–water partition coefficient (Wildman–Crippen LogP) is 0.707. The highest BCUT2D eigenvalue weighted by molar-refractivity contribution is 6.02. The van der Waals surface area contributed by atoms with E-state index in [1.54, 1.807) is 6.07 Å². The number of carbonyl (C=O) groups excluding carboxylic acids is 2. The molecule has 0 aliphatic rings. The molecular formula is C16H20N4O4. The molecule has 2 aromatic rings. The van der Waals surface area contributed by atoms with Crippen LogP contribution >= 0.6 is 0 Å². The number of H-pyrrole nitrogens is 2. The van der Waals surface area contributed by atoms with E-state index in [2.05, 4.69) is 20.8 Å². The molecule has 0 aliphatic heterocycles. The number of nitrogens with one attached hydrogen (secondary N) is 4. The zero-order chi connectivity index (χ0) is 17.9. The van der Waals surface area contributed by atoms with Gasteiger partial charge in [-0.05, 0) is 17.5 Å². The number of aromatic nitrogens is 2. The monoisotopic (exact) mass is 332 g/mol. The van der Waals surface area contributed by atoms with Crippen molar-refractivity contribution >= 4 is 28.3 Å². The molecule has 8 heteroatoms. The van der Waals surface area contributed by atoms with E-state index in [1.807, 2.05) is 20.8 Å². The fraction of sp³-hybridized carbons (Fsp3) is 0.375. The van der Waals surface area contributed by atoms with Gasteiger partial charge < -0.3 is 10.6 Å². The molecular weight excluding hydrogens is 312 g/mol. The average Bonchev–Trinajstić information content (AvgIpc) is 2.47. The van der Waals surface area contributed by atoms with Crippen LogP contribution in [-0.2, 0) is 9.59 Å². The summed E-state index contributed by atoms with van der Waals surface area (Å²) in [6.45, 7) is 5.55. The lowest BCUT2D eigenvalue weighted by atomic mass is 9.92. The summed E-state index contributed by atoms with van der Waals surface area (Å²) in [7, 11) is 0. The van der Waals surface area contributed by atoms with Crippen molar-refractivity contribution < 1.29 is 9.59 Å². The Bertz CT molecular complexity index is 889. The number of hydrogen-bond donors (Lipinski definition) is 4. The summed E-state index contributed by atoms with van der Waals surface area (Å²) < 4.78 is 0. The molecule has 0 unspecified atom stereocenters. The summed E-state index contributed by atoms with van der Waals surface area (Å²) in [5.74, 6) is -0.714. The van der Waals surface area contributed by atoms with Crippen LogP contribution in [0, 0.1) is 5.41 Å². The topological polar surface area (TPSA) is 124 Å². The maximum Gasteiger partial charge on any atom is 0.272 e. The molecule has 0 saturated carbocycles. The van der Waals surface area contributed by atoms with Crippen molar-refractivity contribution in [2.45, 2.75) is 27.2 Å². The number of fused-ring (bicyclic) bond motifs is 1. The summed E-state index contributed by atoms with van der Waals surface area (Å²) in [6.07, 6.45) is 0.295. The molecule has 1 aromatic carbocycles. The molecule has 0 aliphatic carbocycles. The van der Waals surface area contributed by atoms with Crippen LogP contribution in [0.15, 0.2) is 27.8 Å². The molecule has 0 bridgehead atoms. The number of benzene rings is 1. The van der Waals surface area contributed by atoms with Gasteiger partial charge in [0.1, 0.15) is 0 Å². The summed E-state index contributed by atoms with van der Waals surface area (Å²) in [4.78, 5) is 47.4. The van der Waals surface area contributed by atoms with Crippen LogP contribution in [0.2, 0.25) is 0 Å². The van der Waals surface area contributed by atoms with Crippen LogP contribution < -0.4 is 21.8 Å². The highest BCUT2D eigenvalue weighted by atomic mass is 16.2. The van der Waals surface area contributed by atoms with Gasteiger partial charge in [0, 0.05) is 6.42 Å². The third kappa shape index (κ3) is 4.31. The first kappa shape index (κ1) is 17.5. The van der Waals surface area contributed by atoms with Crippen LogP contribution in [0.5, 0.6) is 0 Å². The van der Waals surface area contributed by atoms with Crippen molar-refractivity contribution in [1.82, 2.24) is 15.5 Å². The first-order valence-electron chi connectivity index (χ1n) is 7.47. The zero-order valence-electron chi connectivity index (χ0n) is 13.8. The number of amides is 2. The van der Waals surface area contributed by atoms with E-state index in [0.29, 0.717) is 6.42 Å². The van der Waals surface area contributed by atoms with E-state index in [1.165, 1.54) is 12.1 Å². The van der Waals surface area contributed by atoms with Crippen molar-refractivity contribution in [3.05, 3.63) is 38.9 Å². The first-order chi connectivity index (χ1) is 11.2. The number of rotatable bonds is 4. The smallest absolute Gasteiger partial charge is 0.272 e. The number of aromatic amines is 2. The largest absolute Gasteiger partial charge is 0.347 e. The molecule has 0 radical (unpaired) electrons. The Morgan fingerprint density at radius 3 is 2.38 bits per heavy atom. The van der Waals surface area contributed by atoms with Crippen LogP contribution in [0.25, 0.3) is 10.8 Å². The van der Waals surface area contributed by atoms with Gasteiger partial charge in [-0.2, -0.15) is 0 Å². The van der Waals surface area contributed by atoms with Gasteiger partial charge >= 0.3 is 0 Å². The van der Waals surface area contributed by atoms with Gasteiger partial charge in [-0.1, -0.05) is 26.8 Å². The summed E-state index contributed by atoms with van der Waals surface area (Å²) in [5.41, 5.74) is -0.934. The average molecular weight is 332 g/mol. The van der Waals surface area contributed by atoms with Gasteiger partial charge in [-0.25, -0.2) is 0 Å². The van der Waals surface area contributed by atoms with Crippen LogP contribution in [0.3, 0.4) is 0 Å². The van der Waals surface area contributed by atoms with E-state index in [4.69, 9.17) is 0 Å². The second-order valence-electron chi connectivity index (χ2n) is 6.70. The van der Waals surface area contributed by atoms with Crippen LogP contribution in [-0.4, -0.2) is 28.6 Å². The summed E-state index contributed by atoms with van der Waals surface area (Å²) in [5, 5.41) is 9.78. The van der Waals surface area contributed by atoms with E-state index in [9.17, 15) is 19.2 Å². The first-order valence-corrected chi connectivity index (χ1v) is 7.47. The van der Waals surface area contributed by atoms with Gasteiger partial charge in [0.2, 0.25) is 11.8 Å². The van der Waals surface area contributed by atoms with E-state index >= 15 is 0 Å². The third-order valence-electron chi connectivity index (χ3n) is 3.24. The SMILES string of the molecule is CC(C)(C)CC(=O)NCC(=O)Nc1cccc2c(=O)[nH][nH]c(=O)c12. The number of carbonyl (C=O) groups is 2. The second-order valence-corrected chi connectivity index (χ2v) is 6.70. The van der Waals surface area contributed by atoms with Crippen molar-refractivity contribution in [3.63, 3.8) is 0 Å². The van der Waals surface area contributed by atoms with E-state index < -0.39 is 17.0 Å². The molecule has 1 heterocycles. The molecule has 0 fully saturated rings. The fourth-order valence-corrected chi connectivity index (χ4v) is 2.25. The molecule has 1 aromatic heterocycles. The Kier molecular flexibility index (Phi) is 4.87. The van der Waals surface area contributed by atoms with E-state index in [0.717, 1.165) is 0 Å². The third-order valence-corrected chi connectivity index (χ3v) is 3.24. The Morgan fingerprint density at radius 2 is 1.71 bits per heavy atom. The molecule has 128 valence electrons. The molecule has 2 rings (SSSR count). The Morgan fingerprint density at radius 1 is 1.04 bits per heavy atom. The molecule has 4 N–H and O–H groups in total. The minimum absolute atomic E-state index is 0.0932. The molecule has 0 saturated heterocycles. The van der Waals surface area contributed by atoms with Crippen molar-refractivity contribution in [3.8, 4) is 0 Å². The second kappa shape index (κ2) is 6.69. The highest BCUT2D eigenvalue weighted by Gasteiger charge is 2.17. The standard InChI is InChI=1S/C16H20N4O4/c1-16(2,3)7-11(21)17-8-12(22)18-10-6-4-5-9-13(10)15(24)20-19-14(9)23/h4-6H,7-8H2,1-3H3,(H,17,21)(H,18,22)(H,19,23)(H,20,24). The quantitative estimate of drug-likeness (QED) is 0.658. The predicted molar refractivity (Wildman–Crippen MR) is 90.9 cm³/mol. The zero-order valence-corrected chi connectivity index (χ0v) is 13.8. The lowest BCUT2D eigenvalue weighted by molar-refractivity contribution is -0.125. The van der Waals surface area contributed by atoms with Crippen LogP contribution in [0.1, 0.15) is 27.2 Å². The highest BCUT2D eigenvalue weighted by Crippen LogP contribution is 2.18. The lowest BCUT2D eigenvalue weighted by Gasteiger charge is -2.17. The lowest BCUT2D eigenvalue weighted by Crippen LogP contribution is -2.35. The van der Waals surface area contributed by atoms with Crippen LogP contribution in [0.4, 0.5) is 5.69 Å². The van der Waals surface area contributed by atoms with Gasteiger partial charge in [-0.3, -0.25) is 29.4 Å². The summed E-state index contributed by atoms with van der Waals surface area (Å²) >= 11 is 0.